The Kier molecular flexibility index (Phi) is 5.45. The molecule has 1 saturated heterocycles. The molecule has 2 aromatic carbocycles. The number of carbonyl (C=O) groups is 2. The minimum absolute atomic E-state index is 0.0183. The largest absolute Gasteiger partial charge is 0.328 e. The fourth-order valence-electron chi connectivity index (χ4n) is 3.96. The predicted molar refractivity (Wildman–Crippen MR) is 114 cm³/mol. The molecule has 2 heterocycles. The molecule has 2 aliphatic rings. The molecule has 1 unspecified atom stereocenters. The van der Waals surface area contributed by atoms with E-state index >= 15 is 0 Å². The lowest BCUT2D eigenvalue weighted by atomic mass is 10.0. The molecule has 2 aliphatic heterocycles. The summed E-state index contributed by atoms with van der Waals surface area (Å²) in [6, 6.07) is 17.7. The first-order chi connectivity index (χ1) is 14.0. The minimum atomic E-state index is -0.0786. The Morgan fingerprint density at radius 2 is 1.83 bits per heavy atom. The van der Waals surface area contributed by atoms with Crippen molar-refractivity contribution >= 4 is 23.2 Å². The highest BCUT2D eigenvalue weighted by Gasteiger charge is 2.34. The van der Waals surface area contributed by atoms with Crippen LogP contribution in [0.25, 0.3) is 0 Å². The smallest absolute Gasteiger partial charge is 0.270 e. The lowest BCUT2D eigenvalue weighted by molar-refractivity contribution is -0.129. The lowest BCUT2D eigenvalue weighted by Crippen LogP contribution is -2.52. The highest BCUT2D eigenvalue weighted by Crippen LogP contribution is 2.27. The van der Waals surface area contributed by atoms with E-state index in [2.05, 4.69) is 29.2 Å². The molecular formula is C23H26N4O2. The number of benzene rings is 2. The Bertz CT molecular complexity index is 941. The highest BCUT2D eigenvalue weighted by molar-refractivity contribution is 6.40. The fourth-order valence-corrected chi connectivity index (χ4v) is 3.96. The third-order valence-electron chi connectivity index (χ3n) is 5.55. The van der Waals surface area contributed by atoms with Crippen molar-refractivity contribution in [1.82, 2.24) is 9.80 Å². The number of piperazine rings is 1. The van der Waals surface area contributed by atoms with Gasteiger partial charge in [-0.3, -0.25) is 9.59 Å². The van der Waals surface area contributed by atoms with E-state index in [0.29, 0.717) is 30.8 Å². The number of anilines is 1. The van der Waals surface area contributed by atoms with Gasteiger partial charge in [-0.15, -0.1) is 0 Å². The quantitative estimate of drug-likeness (QED) is 0.810. The first-order valence-electron chi connectivity index (χ1n) is 10.0. The van der Waals surface area contributed by atoms with Crippen molar-refractivity contribution < 1.29 is 9.59 Å². The van der Waals surface area contributed by atoms with Gasteiger partial charge in [-0.2, -0.15) is 5.10 Å². The maximum atomic E-state index is 13.4. The van der Waals surface area contributed by atoms with Gasteiger partial charge in [0.25, 0.3) is 5.91 Å². The molecule has 29 heavy (non-hydrogen) atoms. The van der Waals surface area contributed by atoms with Gasteiger partial charge < -0.3 is 9.80 Å². The molecule has 1 fully saturated rings. The Morgan fingerprint density at radius 1 is 1.03 bits per heavy atom. The predicted octanol–water partition coefficient (Wildman–Crippen LogP) is 2.99. The average Bonchev–Trinajstić information content (AvgIpc) is 2.74. The summed E-state index contributed by atoms with van der Waals surface area (Å²) >= 11 is 0. The summed E-state index contributed by atoms with van der Waals surface area (Å²) in [4.78, 5) is 30.1. The van der Waals surface area contributed by atoms with Gasteiger partial charge in [-0.25, -0.2) is 5.01 Å². The van der Waals surface area contributed by atoms with Crippen LogP contribution < -0.4 is 5.01 Å². The van der Waals surface area contributed by atoms with Crippen LogP contribution in [0.1, 0.15) is 30.0 Å². The summed E-state index contributed by atoms with van der Waals surface area (Å²) in [6.07, 6.45) is 0.677. The molecule has 0 aromatic heterocycles. The third-order valence-corrected chi connectivity index (χ3v) is 5.55. The number of nitrogens with zero attached hydrogens (tertiary/aromatic N) is 4. The molecule has 4 rings (SSSR count). The van der Waals surface area contributed by atoms with Crippen LogP contribution in [0, 0.1) is 6.92 Å². The standard InChI is InChI=1S/C23H26N4O2/c1-17-7-6-10-19(15-17)27-22(28)12-11-20(24-27)23(29)26-14-13-25(2)16-21(26)18-8-4-3-5-9-18/h3-10,15,21H,11-14,16H2,1-2H3. The molecule has 0 spiro atoms. The summed E-state index contributed by atoms with van der Waals surface area (Å²) < 4.78 is 0. The molecule has 0 bridgehead atoms. The van der Waals surface area contributed by atoms with E-state index in [4.69, 9.17) is 0 Å². The van der Waals surface area contributed by atoms with Gasteiger partial charge in [-0.1, -0.05) is 42.5 Å². The Hall–Kier alpha value is -2.99. The summed E-state index contributed by atoms with van der Waals surface area (Å²) in [7, 11) is 2.08. The number of likely N-dealkylation sites (N-methyl/N-ethyl adjacent to an activating group) is 1. The number of rotatable bonds is 3. The molecule has 6 nitrogen and oxygen atoms in total. The van der Waals surface area contributed by atoms with Gasteiger partial charge >= 0.3 is 0 Å². The molecule has 0 aliphatic carbocycles. The van der Waals surface area contributed by atoms with Gasteiger partial charge in [0.15, 0.2) is 0 Å². The van der Waals surface area contributed by atoms with E-state index in [0.717, 1.165) is 24.2 Å². The highest BCUT2D eigenvalue weighted by atomic mass is 16.2. The zero-order chi connectivity index (χ0) is 20.4. The topological polar surface area (TPSA) is 56.2 Å². The first-order valence-corrected chi connectivity index (χ1v) is 10.0. The number of hydrogen-bond acceptors (Lipinski definition) is 4. The van der Waals surface area contributed by atoms with Crippen LogP contribution in [-0.2, 0) is 9.59 Å². The molecule has 150 valence electrons. The summed E-state index contributed by atoms with van der Waals surface area (Å²) in [5, 5.41) is 5.88. The van der Waals surface area contributed by atoms with E-state index in [1.54, 1.807) is 0 Å². The number of hydrazone groups is 1. The lowest BCUT2D eigenvalue weighted by Gasteiger charge is -2.41. The van der Waals surface area contributed by atoms with Gasteiger partial charge in [0.1, 0.15) is 5.71 Å². The molecule has 2 amide bonds. The molecule has 2 aromatic rings. The first kappa shape index (κ1) is 19.3. The Morgan fingerprint density at radius 3 is 2.59 bits per heavy atom. The number of aryl methyl sites for hydroxylation is 1. The Balaban J connectivity index is 1.63. The van der Waals surface area contributed by atoms with Crippen LogP contribution in [0.3, 0.4) is 0 Å². The van der Waals surface area contributed by atoms with E-state index in [9.17, 15) is 9.59 Å². The molecule has 0 radical (unpaired) electrons. The van der Waals surface area contributed by atoms with E-state index in [1.165, 1.54) is 5.01 Å². The molecule has 0 N–H and O–H groups in total. The number of carbonyl (C=O) groups excluding carboxylic acids is 2. The second kappa shape index (κ2) is 8.17. The second-order valence-corrected chi connectivity index (χ2v) is 7.78. The van der Waals surface area contributed by atoms with Crippen LogP contribution in [0.4, 0.5) is 5.69 Å². The van der Waals surface area contributed by atoms with Crippen LogP contribution >= 0.6 is 0 Å². The average molecular weight is 390 g/mol. The zero-order valence-corrected chi connectivity index (χ0v) is 16.9. The maximum Gasteiger partial charge on any atom is 0.270 e. The van der Waals surface area contributed by atoms with Crippen molar-refractivity contribution in [3.8, 4) is 0 Å². The van der Waals surface area contributed by atoms with Gasteiger partial charge in [-0.05, 0) is 37.2 Å². The fraction of sp³-hybridized carbons (Fsp3) is 0.348. The summed E-state index contributed by atoms with van der Waals surface area (Å²) in [5.41, 5.74) is 3.33. The van der Waals surface area contributed by atoms with E-state index in [-0.39, 0.29) is 17.9 Å². The maximum absolute atomic E-state index is 13.4. The van der Waals surface area contributed by atoms with Crippen LogP contribution in [0.5, 0.6) is 0 Å². The monoisotopic (exact) mass is 390 g/mol. The van der Waals surface area contributed by atoms with Gasteiger partial charge in [0, 0.05) is 32.5 Å². The van der Waals surface area contributed by atoms with Crippen molar-refractivity contribution in [1.29, 1.82) is 0 Å². The van der Waals surface area contributed by atoms with Crippen LogP contribution in [0.2, 0.25) is 0 Å². The normalized spacial score (nSPS) is 20.6. The number of amides is 2. The van der Waals surface area contributed by atoms with Crippen molar-refractivity contribution in [2.75, 3.05) is 31.7 Å². The van der Waals surface area contributed by atoms with E-state index < -0.39 is 0 Å². The summed E-state index contributed by atoms with van der Waals surface area (Å²) in [5.74, 6) is -0.151. The molecule has 0 saturated carbocycles. The van der Waals surface area contributed by atoms with Crippen LogP contribution in [-0.4, -0.2) is 54.0 Å². The van der Waals surface area contributed by atoms with Crippen molar-refractivity contribution in [3.05, 3.63) is 65.7 Å². The minimum Gasteiger partial charge on any atom is -0.328 e. The van der Waals surface area contributed by atoms with Gasteiger partial charge in [0.05, 0.1) is 11.7 Å². The third kappa shape index (κ3) is 4.07. The SMILES string of the molecule is Cc1cccc(N2N=C(C(=O)N3CCN(C)CC3c3ccccc3)CCC2=O)c1. The second-order valence-electron chi connectivity index (χ2n) is 7.78. The molecular weight excluding hydrogens is 364 g/mol. The van der Waals surface area contributed by atoms with Gasteiger partial charge in [0.2, 0.25) is 5.91 Å². The van der Waals surface area contributed by atoms with Crippen molar-refractivity contribution in [2.24, 2.45) is 5.10 Å². The Labute approximate surface area is 171 Å². The molecule has 6 heteroatoms. The number of hydrogen-bond donors (Lipinski definition) is 0. The summed E-state index contributed by atoms with van der Waals surface area (Å²) in [6.45, 7) is 4.22. The zero-order valence-electron chi connectivity index (χ0n) is 16.9. The molecule has 1 atom stereocenters. The van der Waals surface area contributed by atoms with E-state index in [1.807, 2.05) is 54.3 Å². The van der Waals surface area contributed by atoms with Crippen molar-refractivity contribution in [3.63, 3.8) is 0 Å². The van der Waals surface area contributed by atoms with Crippen LogP contribution in [0.15, 0.2) is 59.7 Å². The van der Waals surface area contributed by atoms with Crippen molar-refractivity contribution in [2.45, 2.75) is 25.8 Å².